The van der Waals surface area contributed by atoms with Gasteiger partial charge >= 0.3 is 5.69 Å². The van der Waals surface area contributed by atoms with Crippen LogP contribution in [0, 0.1) is 13.8 Å². The zero-order chi connectivity index (χ0) is 22.6. The van der Waals surface area contributed by atoms with Crippen LogP contribution in [0.4, 0.5) is 11.6 Å². The summed E-state index contributed by atoms with van der Waals surface area (Å²) < 4.78 is 4.71. The fourth-order valence-corrected chi connectivity index (χ4v) is 4.68. The number of aryl methyl sites for hydroxylation is 3. The second kappa shape index (κ2) is 7.67. The summed E-state index contributed by atoms with van der Waals surface area (Å²) in [7, 11) is 1.67. The van der Waals surface area contributed by atoms with Crippen LogP contribution < -0.4 is 16.1 Å². The Morgan fingerprint density at radius 2 is 1.84 bits per heavy atom. The van der Waals surface area contributed by atoms with Crippen molar-refractivity contribution in [2.24, 2.45) is 7.05 Å². The first kappa shape index (κ1) is 20.6. The van der Waals surface area contributed by atoms with Gasteiger partial charge in [-0.1, -0.05) is 47.5 Å². The molecule has 0 bridgehead atoms. The van der Waals surface area contributed by atoms with E-state index in [1.807, 2.05) is 60.9 Å². The van der Waals surface area contributed by atoms with Crippen LogP contribution in [-0.4, -0.2) is 25.2 Å². The highest BCUT2D eigenvalue weighted by Gasteiger charge is 2.28. The third-order valence-corrected chi connectivity index (χ3v) is 6.58. The van der Waals surface area contributed by atoms with E-state index in [0.717, 1.165) is 35.3 Å². The second-order valence-corrected chi connectivity index (χ2v) is 8.75. The summed E-state index contributed by atoms with van der Waals surface area (Å²) in [5.41, 5.74) is 4.10. The summed E-state index contributed by atoms with van der Waals surface area (Å²) in [5.74, 6) is 0.664. The van der Waals surface area contributed by atoms with Crippen LogP contribution in [0.25, 0.3) is 11.2 Å². The summed E-state index contributed by atoms with van der Waals surface area (Å²) in [6.45, 7) is 5.62. The lowest BCUT2D eigenvalue weighted by Crippen LogP contribution is -2.40. The van der Waals surface area contributed by atoms with Gasteiger partial charge in [0.15, 0.2) is 11.2 Å². The molecule has 3 heterocycles. The molecule has 0 aliphatic carbocycles. The van der Waals surface area contributed by atoms with Crippen molar-refractivity contribution in [1.82, 2.24) is 18.7 Å². The van der Waals surface area contributed by atoms with Crippen molar-refractivity contribution < 1.29 is 0 Å². The van der Waals surface area contributed by atoms with E-state index in [1.165, 1.54) is 9.13 Å². The number of fused-ring (bicyclic) bond motifs is 3. The summed E-state index contributed by atoms with van der Waals surface area (Å²) in [4.78, 5) is 33.5. The minimum Gasteiger partial charge on any atom is -0.312 e. The van der Waals surface area contributed by atoms with Gasteiger partial charge in [-0.05, 0) is 43.5 Å². The molecular weight excluding hydrogens is 426 g/mol. The number of hydrogen-bond acceptors (Lipinski definition) is 4. The molecule has 1 aliphatic heterocycles. The van der Waals surface area contributed by atoms with Gasteiger partial charge < -0.3 is 9.47 Å². The molecule has 4 aromatic rings. The smallest absolute Gasteiger partial charge is 0.312 e. The maximum atomic E-state index is 13.5. The van der Waals surface area contributed by atoms with E-state index >= 15 is 0 Å². The van der Waals surface area contributed by atoms with E-state index < -0.39 is 0 Å². The number of benzene rings is 2. The Kier molecular flexibility index (Phi) is 4.93. The lowest BCUT2D eigenvalue weighted by Gasteiger charge is -2.30. The van der Waals surface area contributed by atoms with Crippen molar-refractivity contribution in [2.45, 2.75) is 33.4 Å². The normalized spacial score (nSPS) is 13.6. The van der Waals surface area contributed by atoms with Gasteiger partial charge in [-0.15, -0.1) is 0 Å². The molecule has 7 nitrogen and oxygen atoms in total. The molecular formula is C24H24ClN5O2. The summed E-state index contributed by atoms with van der Waals surface area (Å²) in [6, 6.07) is 13.6. The molecule has 0 unspecified atom stereocenters. The van der Waals surface area contributed by atoms with Gasteiger partial charge in [0.1, 0.15) is 0 Å². The van der Waals surface area contributed by atoms with Crippen molar-refractivity contribution >= 4 is 34.4 Å². The molecule has 0 saturated carbocycles. The second-order valence-electron chi connectivity index (χ2n) is 8.35. The van der Waals surface area contributed by atoms with Crippen LogP contribution in [0.3, 0.4) is 0 Å². The van der Waals surface area contributed by atoms with Crippen molar-refractivity contribution in [2.75, 3.05) is 11.4 Å². The van der Waals surface area contributed by atoms with Gasteiger partial charge in [0.05, 0.1) is 6.54 Å². The highest BCUT2D eigenvalue weighted by Crippen LogP contribution is 2.35. The van der Waals surface area contributed by atoms with Crippen molar-refractivity contribution in [3.8, 4) is 0 Å². The molecule has 0 saturated heterocycles. The van der Waals surface area contributed by atoms with E-state index in [0.29, 0.717) is 28.7 Å². The van der Waals surface area contributed by atoms with Crippen molar-refractivity contribution in [1.29, 1.82) is 0 Å². The molecule has 0 N–H and O–H groups in total. The Morgan fingerprint density at radius 1 is 1.06 bits per heavy atom. The SMILES string of the molecule is Cc1cccc(Cn2c(=O)c3c(nc4n3CCCN4c3cccc(Cl)c3C)n(C)c2=O)c1. The van der Waals surface area contributed by atoms with Crippen LogP contribution >= 0.6 is 11.6 Å². The number of aromatic nitrogens is 4. The molecule has 2 aromatic heterocycles. The maximum Gasteiger partial charge on any atom is 0.332 e. The van der Waals surface area contributed by atoms with Gasteiger partial charge in [0.2, 0.25) is 5.95 Å². The van der Waals surface area contributed by atoms with E-state index in [-0.39, 0.29) is 17.8 Å². The van der Waals surface area contributed by atoms with Gasteiger partial charge in [0, 0.05) is 30.8 Å². The van der Waals surface area contributed by atoms with E-state index in [2.05, 4.69) is 4.90 Å². The summed E-state index contributed by atoms with van der Waals surface area (Å²) in [6.07, 6.45) is 0.852. The number of nitrogens with zero attached hydrogens (tertiary/aromatic N) is 5. The minimum absolute atomic E-state index is 0.223. The molecule has 0 amide bonds. The van der Waals surface area contributed by atoms with Crippen LogP contribution in [-0.2, 0) is 20.1 Å². The number of anilines is 2. The first-order valence-electron chi connectivity index (χ1n) is 10.6. The largest absolute Gasteiger partial charge is 0.332 e. The topological polar surface area (TPSA) is 65.1 Å². The zero-order valence-electron chi connectivity index (χ0n) is 18.3. The minimum atomic E-state index is -0.370. The molecule has 1 aliphatic rings. The first-order valence-corrected chi connectivity index (χ1v) is 11.0. The Hall–Kier alpha value is -3.32. The zero-order valence-corrected chi connectivity index (χ0v) is 19.1. The van der Waals surface area contributed by atoms with Gasteiger partial charge in [-0.25, -0.2) is 4.79 Å². The van der Waals surface area contributed by atoms with Crippen molar-refractivity contribution in [3.05, 3.63) is 85.0 Å². The maximum absolute atomic E-state index is 13.5. The molecule has 0 atom stereocenters. The Balaban J connectivity index is 1.72. The Morgan fingerprint density at radius 3 is 2.62 bits per heavy atom. The summed E-state index contributed by atoms with van der Waals surface area (Å²) >= 11 is 6.37. The number of halogens is 1. The highest BCUT2D eigenvalue weighted by molar-refractivity contribution is 6.31. The number of hydrogen-bond donors (Lipinski definition) is 0. The van der Waals surface area contributed by atoms with E-state index in [9.17, 15) is 9.59 Å². The average Bonchev–Trinajstić information content (AvgIpc) is 3.17. The fraction of sp³-hybridized carbons (Fsp3) is 0.292. The standard InChI is InChI=1S/C24H24ClN5O2/c1-15-7-4-8-17(13-15)14-30-22(31)20-21(27(3)24(30)32)26-23-28(11-6-12-29(20)23)19-10-5-9-18(25)16(19)2/h4-5,7-10,13H,6,11-12,14H2,1-3H3. The van der Waals surface area contributed by atoms with E-state index in [1.54, 1.807) is 7.05 Å². The van der Waals surface area contributed by atoms with Gasteiger partial charge in [-0.3, -0.25) is 13.9 Å². The molecule has 0 radical (unpaired) electrons. The van der Waals surface area contributed by atoms with Crippen LogP contribution in [0.5, 0.6) is 0 Å². The monoisotopic (exact) mass is 449 g/mol. The predicted octanol–water partition coefficient (Wildman–Crippen LogP) is 3.76. The Bertz CT molecular complexity index is 1480. The summed E-state index contributed by atoms with van der Waals surface area (Å²) in [5, 5.41) is 0.684. The van der Waals surface area contributed by atoms with Crippen molar-refractivity contribution in [3.63, 3.8) is 0 Å². The molecule has 5 rings (SSSR count). The van der Waals surface area contributed by atoms with Gasteiger partial charge in [0.25, 0.3) is 5.56 Å². The van der Waals surface area contributed by atoms with Crippen LogP contribution in [0.2, 0.25) is 5.02 Å². The fourth-order valence-electron chi connectivity index (χ4n) is 4.51. The molecule has 164 valence electrons. The average molecular weight is 450 g/mol. The molecule has 0 spiro atoms. The Labute approximate surface area is 190 Å². The molecule has 32 heavy (non-hydrogen) atoms. The third kappa shape index (κ3) is 3.15. The van der Waals surface area contributed by atoms with E-state index in [4.69, 9.17) is 16.6 Å². The lowest BCUT2D eigenvalue weighted by molar-refractivity contribution is 0.597. The number of imidazole rings is 1. The third-order valence-electron chi connectivity index (χ3n) is 6.17. The molecule has 0 fully saturated rings. The number of rotatable bonds is 3. The molecule has 2 aromatic carbocycles. The quantitative estimate of drug-likeness (QED) is 0.477. The molecule has 8 heteroatoms. The highest BCUT2D eigenvalue weighted by atomic mass is 35.5. The van der Waals surface area contributed by atoms with Crippen LogP contribution in [0.1, 0.15) is 23.1 Å². The predicted molar refractivity (Wildman–Crippen MR) is 127 cm³/mol. The lowest BCUT2D eigenvalue weighted by atomic mass is 10.1. The first-order chi connectivity index (χ1) is 15.4. The van der Waals surface area contributed by atoms with Gasteiger partial charge in [-0.2, -0.15) is 4.98 Å². The van der Waals surface area contributed by atoms with Crippen LogP contribution in [0.15, 0.2) is 52.1 Å².